The molecule has 11 N–H and O–H groups in total. The Bertz CT molecular complexity index is 2580. The number of anilines is 1. The lowest BCUT2D eigenvalue weighted by Gasteiger charge is -2.40. The van der Waals surface area contributed by atoms with E-state index in [0.717, 1.165) is 62.8 Å². The Morgan fingerprint density at radius 3 is 2.04 bits per heavy atom. The fourth-order valence-electron chi connectivity index (χ4n) is 11.8. The molecule has 2 aromatic rings. The van der Waals surface area contributed by atoms with E-state index in [0.29, 0.717) is 55.3 Å². The van der Waals surface area contributed by atoms with Crippen LogP contribution in [0.15, 0.2) is 29.4 Å². The molecule has 0 bridgehead atoms. The number of hydrogen-bond acceptors (Lipinski definition) is 19. The van der Waals surface area contributed by atoms with Crippen molar-refractivity contribution in [2.24, 2.45) is 46.4 Å². The van der Waals surface area contributed by atoms with E-state index in [-0.39, 0.29) is 80.9 Å². The van der Waals surface area contributed by atoms with Crippen LogP contribution < -0.4 is 27.0 Å². The minimum Gasteiger partial charge on any atom is -0.449 e. The molecule has 1 saturated carbocycles. The van der Waals surface area contributed by atoms with E-state index in [1.165, 1.54) is 58.3 Å². The van der Waals surface area contributed by atoms with Gasteiger partial charge in [-0.25, -0.2) is 19.1 Å². The van der Waals surface area contributed by atoms with E-state index >= 15 is 0 Å². The molecule has 0 radical (unpaired) electrons. The van der Waals surface area contributed by atoms with Gasteiger partial charge in [0.05, 0.1) is 49.4 Å². The van der Waals surface area contributed by atoms with Gasteiger partial charge in [-0.3, -0.25) is 14.4 Å². The van der Waals surface area contributed by atoms with Crippen molar-refractivity contribution in [1.29, 1.82) is 0 Å². The van der Waals surface area contributed by atoms with Crippen LogP contribution in [0.1, 0.15) is 187 Å². The van der Waals surface area contributed by atoms with Crippen LogP contribution >= 0.6 is 0 Å². The number of aromatic nitrogens is 3. The summed E-state index contributed by atoms with van der Waals surface area (Å²) in [6.45, 7) is 10.6. The number of nitrogens with one attached hydrogen (secondary N) is 4. The first-order chi connectivity index (χ1) is 43.6. The molecule has 5 amide bonds. The number of aliphatic hydroxyl groups excluding tert-OH is 5. The maximum Gasteiger partial charge on any atom is 0.407 e. The highest BCUT2D eigenvalue weighted by atomic mass is 16.7. The van der Waals surface area contributed by atoms with Crippen molar-refractivity contribution in [2.75, 3.05) is 38.2 Å². The molecule has 512 valence electrons. The summed E-state index contributed by atoms with van der Waals surface area (Å²) in [5.74, 6) is -1.27. The van der Waals surface area contributed by atoms with E-state index in [1.807, 2.05) is 11.6 Å². The van der Waals surface area contributed by atoms with E-state index < -0.39 is 85.5 Å². The van der Waals surface area contributed by atoms with Crippen molar-refractivity contribution in [1.82, 2.24) is 30.9 Å². The van der Waals surface area contributed by atoms with Crippen LogP contribution in [0.25, 0.3) is 10.4 Å². The van der Waals surface area contributed by atoms with E-state index in [4.69, 9.17) is 30.2 Å². The van der Waals surface area contributed by atoms with Gasteiger partial charge in [0, 0.05) is 55.4 Å². The average Bonchev–Trinajstić information content (AvgIpc) is 1.70. The zero-order valence-electron chi connectivity index (χ0n) is 54.4. The number of urea groups is 1. The third kappa shape index (κ3) is 28.2. The van der Waals surface area contributed by atoms with E-state index in [2.05, 4.69) is 48.5 Å². The van der Waals surface area contributed by atoms with Gasteiger partial charge in [-0.15, -0.1) is 5.10 Å². The fraction of sp³-hybridized carbons (Fsp3) is 0.766. The average molecular weight is 1280 g/mol. The summed E-state index contributed by atoms with van der Waals surface area (Å²) in [5.41, 5.74) is 15.9. The second-order valence-electron chi connectivity index (χ2n) is 25.1. The summed E-state index contributed by atoms with van der Waals surface area (Å²) in [6.07, 6.45) is 8.84. The summed E-state index contributed by atoms with van der Waals surface area (Å²) < 4.78 is 24.4. The third-order valence-corrected chi connectivity index (χ3v) is 17.4. The van der Waals surface area contributed by atoms with Crippen molar-refractivity contribution >= 4 is 47.2 Å². The molecular weight excluding hydrogens is 1180 g/mol. The van der Waals surface area contributed by atoms with Crippen molar-refractivity contribution in [3.05, 3.63) is 51.7 Å². The van der Waals surface area contributed by atoms with Crippen LogP contribution in [-0.2, 0) is 64.1 Å². The zero-order valence-corrected chi connectivity index (χ0v) is 54.4. The highest BCUT2D eigenvalue weighted by molar-refractivity contribution is 5.97. The second kappa shape index (κ2) is 42.0. The van der Waals surface area contributed by atoms with Crippen molar-refractivity contribution in [2.45, 2.75) is 245 Å². The quantitative estimate of drug-likeness (QED) is 0.0136. The highest BCUT2D eigenvalue weighted by Crippen LogP contribution is 2.53. The molecular formula is C64H105N11O16. The lowest BCUT2D eigenvalue weighted by atomic mass is 9.89. The second-order valence-corrected chi connectivity index (χ2v) is 25.1. The van der Waals surface area contributed by atoms with Crippen LogP contribution in [0.5, 0.6) is 0 Å². The predicted molar refractivity (Wildman–Crippen MR) is 338 cm³/mol. The summed E-state index contributed by atoms with van der Waals surface area (Å²) in [4.78, 5) is 90.1. The normalized spacial score (nSPS) is 21.6. The van der Waals surface area contributed by atoms with Crippen molar-refractivity contribution < 1.29 is 78.0 Å². The Labute approximate surface area is 535 Å². The lowest BCUT2D eigenvalue weighted by Crippen LogP contribution is -2.60. The maximum absolute atomic E-state index is 14.0. The summed E-state index contributed by atoms with van der Waals surface area (Å²) in [7, 11) is 0. The largest absolute Gasteiger partial charge is 0.449 e. The van der Waals surface area contributed by atoms with Gasteiger partial charge in [-0.2, -0.15) is 0 Å². The number of amides is 5. The molecule has 5 rings (SSSR count). The van der Waals surface area contributed by atoms with Gasteiger partial charge in [0.25, 0.3) is 0 Å². The van der Waals surface area contributed by atoms with Crippen molar-refractivity contribution in [3.63, 3.8) is 0 Å². The Balaban J connectivity index is 0.00000206. The lowest BCUT2D eigenvalue weighted by molar-refractivity contribution is -0.303. The molecule has 5 unspecified atom stereocenters. The molecule has 1 saturated heterocycles. The fourth-order valence-corrected chi connectivity index (χ4v) is 11.8. The number of carbonyl (C=O) groups excluding carboxylic acids is 7. The number of azide groups is 1. The third-order valence-electron chi connectivity index (χ3n) is 17.4. The smallest absolute Gasteiger partial charge is 0.407 e. The molecule has 27 nitrogen and oxygen atoms in total. The topological polar surface area (TPSA) is 411 Å². The first-order valence-corrected chi connectivity index (χ1v) is 32.9. The molecule has 1 aromatic heterocycles. The molecule has 1 aromatic carbocycles. The first kappa shape index (κ1) is 77.1. The monoisotopic (exact) mass is 1280 g/mol. The number of benzene rings is 1. The first-order valence-electron chi connectivity index (χ1n) is 32.9. The number of carbonyl (C=O) groups is 7. The molecule has 91 heavy (non-hydrogen) atoms. The number of fused-ring (bicyclic) bond motifs is 2. The Morgan fingerprint density at radius 1 is 0.813 bits per heavy atom. The molecule has 13 atom stereocenters. The van der Waals surface area contributed by atoms with Crippen LogP contribution in [-0.4, -0.2) is 164 Å². The van der Waals surface area contributed by atoms with Gasteiger partial charge in [0.1, 0.15) is 42.6 Å². The number of nitrogens with two attached hydrogens (primary N) is 1. The summed E-state index contributed by atoms with van der Waals surface area (Å²) >= 11 is 0. The van der Waals surface area contributed by atoms with Gasteiger partial charge >= 0.3 is 18.2 Å². The number of aryl methyl sites for hydroxylation is 2. The number of ketones is 3. The van der Waals surface area contributed by atoms with Gasteiger partial charge in [0.15, 0.2) is 12.1 Å². The molecule has 2 heterocycles. The van der Waals surface area contributed by atoms with Crippen LogP contribution in [0.2, 0.25) is 0 Å². The molecule has 2 fully saturated rings. The predicted octanol–water partition coefficient (Wildman–Crippen LogP) is 7.19. The molecule has 0 spiro atoms. The number of Topliss-reactive ketones (excluding diaryl/α,β-unsaturated/α-hetero) is 3. The number of nitrogens with zero attached hydrogens (tertiary/aromatic N) is 6. The Hall–Kier alpha value is -6.32. The summed E-state index contributed by atoms with van der Waals surface area (Å²) in [6, 6.07) is 3.74. The van der Waals surface area contributed by atoms with Crippen LogP contribution in [0.3, 0.4) is 0 Å². The standard InChI is InChI=1S/C60H98N8O15.C4H7N3O/c1-6-7-8-9-10-11-12-13-14-15-16-17-19-38(4)52(72)47(36-80-57-55(75)54(74)53(73)50(33-69)83-57)64-59(78)81-34-40-21-23-42(24-22-40)63-56(76)41(20-18-30-62-58(61)77)32-49(71)51(37(2)3)65-60(79)82-35-45-43-25-27-46-48(28-26-44(43)45)68(67-66-46)31-29-39(5)70;1-4(8)2-3-6-7-5/h21-24,37-38,41,43-45,47,50-55,57,69,72-75H,6-20,25-36H2,1-5H3,(H,63,76)(H,64,78)(H,65,79)(H3,61,62,77);2-3H2,1H3/t38-,41-,43?,44?,45?,47+,50?,51+,52-,53+,54+,55?,57+;/m1./s1. The van der Waals surface area contributed by atoms with Gasteiger partial charge in [0.2, 0.25) is 5.91 Å². The summed E-state index contributed by atoms with van der Waals surface area (Å²) in [5, 5.41) is 75.1. The van der Waals surface area contributed by atoms with Crippen LogP contribution in [0.4, 0.5) is 20.1 Å². The number of alkyl carbamates (subject to hydrolysis) is 2. The van der Waals surface area contributed by atoms with Crippen molar-refractivity contribution in [3.8, 4) is 0 Å². The minimum absolute atomic E-state index is 0.0531. The van der Waals surface area contributed by atoms with Crippen LogP contribution in [0, 0.1) is 35.5 Å². The van der Waals surface area contributed by atoms with Gasteiger partial charge < -0.3 is 76.3 Å². The van der Waals surface area contributed by atoms with Gasteiger partial charge in [-0.05, 0) is 112 Å². The Morgan fingerprint density at radius 2 is 1.44 bits per heavy atom. The molecule has 3 aliphatic rings. The maximum atomic E-state index is 14.0. The highest BCUT2D eigenvalue weighted by Gasteiger charge is 2.51. The SMILES string of the molecule is CC(=O)CCN=[N+]=[N-].CCCCCCCCCCCCCC[C@@H](C)[C@@H](O)[C@H](CO[C@H]1OC(CO)[C@H](O)[C@H](O)C1O)NC(=O)OCc1ccc(NC(=O)[C@H](CCCNC(N)=O)CC(=O)[C@@H](NC(=O)OCC2C3CCc4nnn(CCC(C)=O)c4CCC32)C(C)C)cc1. The zero-order chi connectivity index (χ0) is 66.8. The number of ether oxygens (including phenoxy) is 4. The van der Waals surface area contributed by atoms with E-state index in [1.54, 1.807) is 45.0 Å². The number of primary amides is 1. The molecule has 2 aliphatic carbocycles. The number of unbranched alkanes of at least 4 members (excludes halogenated alkanes) is 11. The Kier molecular flexibility index (Phi) is 35.6. The number of rotatable bonds is 41. The number of aliphatic hydroxyl groups is 5. The molecule has 27 heteroatoms. The minimum atomic E-state index is -1.69. The van der Waals surface area contributed by atoms with E-state index in [9.17, 15) is 59.1 Å². The van der Waals surface area contributed by atoms with Gasteiger partial charge in [-0.1, -0.05) is 127 Å². The number of hydrogen-bond donors (Lipinski definition) is 10. The molecule has 1 aliphatic heterocycles.